The molecule has 0 N–H and O–H groups in total. The van der Waals surface area contributed by atoms with Crippen molar-refractivity contribution >= 4 is 0 Å². The third-order valence-electron chi connectivity index (χ3n) is 4.28. The number of aromatic nitrogens is 1. The zero-order valence-electron chi connectivity index (χ0n) is 10.9. The molecule has 0 aromatic carbocycles. The van der Waals surface area contributed by atoms with Crippen LogP contribution in [0.2, 0.25) is 0 Å². The maximum Gasteiger partial charge on any atom is 0.191 e. The Balaban J connectivity index is 1.83. The Kier molecular flexibility index (Phi) is 2.95. The SMILES string of the molecule is CCCN1CCCC2Cc3nc(C)oc3CC21. The molecule has 0 amide bonds. The van der Waals surface area contributed by atoms with Crippen molar-refractivity contribution in [1.29, 1.82) is 0 Å². The van der Waals surface area contributed by atoms with Crippen LogP contribution in [0, 0.1) is 12.8 Å². The van der Waals surface area contributed by atoms with Crippen LogP contribution in [-0.2, 0) is 12.8 Å². The van der Waals surface area contributed by atoms with Crippen molar-refractivity contribution < 1.29 is 4.42 Å². The van der Waals surface area contributed by atoms with Gasteiger partial charge in [0.15, 0.2) is 5.89 Å². The second-order valence-electron chi connectivity index (χ2n) is 5.52. The van der Waals surface area contributed by atoms with Gasteiger partial charge in [0.2, 0.25) is 0 Å². The largest absolute Gasteiger partial charge is 0.446 e. The van der Waals surface area contributed by atoms with Gasteiger partial charge in [-0.3, -0.25) is 4.90 Å². The van der Waals surface area contributed by atoms with Gasteiger partial charge < -0.3 is 4.42 Å². The maximum atomic E-state index is 5.74. The van der Waals surface area contributed by atoms with Crippen LogP contribution in [0.25, 0.3) is 0 Å². The van der Waals surface area contributed by atoms with Crippen LogP contribution in [0.3, 0.4) is 0 Å². The molecule has 2 aliphatic rings. The number of hydrogen-bond acceptors (Lipinski definition) is 3. The average Bonchev–Trinajstić information content (AvgIpc) is 2.66. The predicted octanol–water partition coefficient (Wildman–Crippen LogP) is 2.57. The highest BCUT2D eigenvalue weighted by molar-refractivity contribution is 5.18. The van der Waals surface area contributed by atoms with Crippen molar-refractivity contribution in [2.75, 3.05) is 13.1 Å². The first-order chi connectivity index (χ1) is 8.28. The van der Waals surface area contributed by atoms with Crippen LogP contribution < -0.4 is 0 Å². The van der Waals surface area contributed by atoms with E-state index >= 15 is 0 Å². The second-order valence-corrected chi connectivity index (χ2v) is 5.52. The normalized spacial score (nSPS) is 28.8. The minimum atomic E-state index is 0.712. The summed E-state index contributed by atoms with van der Waals surface area (Å²) in [7, 11) is 0. The summed E-state index contributed by atoms with van der Waals surface area (Å²) in [5.41, 5.74) is 1.24. The Labute approximate surface area is 103 Å². The molecule has 2 heterocycles. The lowest BCUT2D eigenvalue weighted by Gasteiger charge is -2.43. The molecular weight excluding hydrogens is 212 g/mol. The molecule has 0 radical (unpaired) electrons. The predicted molar refractivity (Wildman–Crippen MR) is 67.0 cm³/mol. The molecule has 1 aliphatic heterocycles. The lowest BCUT2D eigenvalue weighted by molar-refractivity contribution is 0.0797. The highest BCUT2D eigenvalue weighted by atomic mass is 16.4. The number of rotatable bonds is 2. The van der Waals surface area contributed by atoms with E-state index in [4.69, 9.17) is 4.42 Å². The Morgan fingerprint density at radius 3 is 3.12 bits per heavy atom. The van der Waals surface area contributed by atoms with E-state index in [-0.39, 0.29) is 0 Å². The van der Waals surface area contributed by atoms with Crippen molar-refractivity contribution in [2.24, 2.45) is 5.92 Å². The molecule has 3 heteroatoms. The summed E-state index contributed by atoms with van der Waals surface area (Å²) in [5.74, 6) is 2.81. The number of hydrogen-bond donors (Lipinski definition) is 0. The molecular formula is C14H22N2O. The van der Waals surface area contributed by atoms with Crippen LogP contribution in [0.4, 0.5) is 0 Å². The summed E-state index contributed by atoms with van der Waals surface area (Å²) in [5, 5.41) is 0. The Morgan fingerprint density at radius 2 is 2.29 bits per heavy atom. The summed E-state index contributed by atoms with van der Waals surface area (Å²) in [6.45, 7) is 6.75. The van der Waals surface area contributed by atoms with Gasteiger partial charge in [0.25, 0.3) is 0 Å². The van der Waals surface area contributed by atoms with E-state index in [1.54, 1.807) is 0 Å². The number of likely N-dealkylation sites (tertiary alicyclic amines) is 1. The monoisotopic (exact) mass is 234 g/mol. The van der Waals surface area contributed by atoms with E-state index in [9.17, 15) is 0 Å². The van der Waals surface area contributed by atoms with Crippen molar-refractivity contribution in [3.8, 4) is 0 Å². The second kappa shape index (κ2) is 4.45. The lowest BCUT2D eigenvalue weighted by atomic mass is 9.79. The molecule has 1 aromatic heterocycles. The van der Waals surface area contributed by atoms with Crippen molar-refractivity contribution in [3.63, 3.8) is 0 Å². The highest BCUT2D eigenvalue weighted by Gasteiger charge is 2.37. The van der Waals surface area contributed by atoms with Crippen LogP contribution in [-0.4, -0.2) is 29.0 Å². The van der Waals surface area contributed by atoms with Gasteiger partial charge in [-0.25, -0.2) is 4.98 Å². The van der Waals surface area contributed by atoms with Crippen molar-refractivity contribution in [1.82, 2.24) is 9.88 Å². The Bertz CT molecular complexity index is 397. The quantitative estimate of drug-likeness (QED) is 0.787. The molecule has 0 bridgehead atoms. The lowest BCUT2D eigenvalue weighted by Crippen LogP contribution is -2.49. The zero-order valence-corrected chi connectivity index (χ0v) is 10.9. The molecule has 1 saturated heterocycles. The number of piperidine rings is 1. The first-order valence-corrected chi connectivity index (χ1v) is 6.97. The fourth-order valence-corrected chi connectivity index (χ4v) is 3.58. The summed E-state index contributed by atoms with van der Waals surface area (Å²) < 4.78 is 5.74. The minimum absolute atomic E-state index is 0.712. The molecule has 0 saturated carbocycles. The van der Waals surface area contributed by atoms with Crippen LogP contribution in [0.5, 0.6) is 0 Å². The third-order valence-corrected chi connectivity index (χ3v) is 4.28. The summed E-state index contributed by atoms with van der Waals surface area (Å²) in [6, 6.07) is 0.712. The zero-order chi connectivity index (χ0) is 11.8. The van der Waals surface area contributed by atoms with E-state index < -0.39 is 0 Å². The molecule has 1 aromatic rings. The molecule has 1 fully saturated rings. The Morgan fingerprint density at radius 1 is 1.41 bits per heavy atom. The van der Waals surface area contributed by atoms with E-state index in [1.165, 1.54) is 38.0 Å². The number of oxazole rings is 1. The van der Waals surface area contributed by atoms with Gasteiger partial charge in [0.05, 0.1) is 5.69 Å². The number of fused-ring (bicyclic) bond motifs is 2. The molecule has 0 spiro atoms. The van der Waals surface area contributed by atoms with Crippen LogP contribution in [0.15, 0.2) is 4.42 Å². The molecule has 3 rings (SSSR count). The Hall–Kier alpha value is -0.830. The van der Waals surface area contributed by atoms with Gasteiger partial charge in [0, 0.05) is 19.4 Å². The fraction of sp³-hybridized carbons (Fsp3) is 0.786. The first kappa shape index (κ1) is 11.3. The van der Waals surface area contributed by atoms with Crippen molar-refractivity contribution in [2.45, 2.75) is 52.0 Å². The molecule has 2 atom stereocenters. The van der Waals surface area contributed by atoms with Gasteiger partial charge >= 0.3 is 0 Å². The van der Waals surface area contributed by atoms with Gasteiger partial charge in [-0.15, -0.1) is 0 Å². The molecule has 3 nitrogen and oxygen atoms in total. The number of aryl methyl sites for hydroxylation is 1. The van der Waals surface area contributed by atoms with E-state index in [1.807, 2.05) is 6.92 Å². The average molecular weight is 234 g/mol. The minimum Gasteiger partial charge on any atom is -0.446 e. The molecule has 94 valence electrons. The standard InChI is InChI=1S/C14H22N2O/c1-3-6-16-7-4-5-11-8-12-14(9-13(11)16)17-10(2)15-12/h11,13H,3-9H2,1-2H3. The summed E-state index contributed by atoms with van der Waals surface area (Å²) in [4.78, 5) is 7.20. The molecule has 17 heavy (non-hydrogen) atoms. The summed E-state index contributed by atoms with van der Waals surface area (Å²) in [6.07, 6.45) is 6.20. The maximum absolute atomic E-state index is 5.74. The molecule has 2 unspecified atom stereocenters. The van der Waals surface area contributed by atoms with Gasteiger partial charge in [-0.05, 0) is 44.7 Å². The van der Waals surface area contributed by atoms with Gasteiger partial charge in [-0.2, -0.15) is 0 Å². The van der Waals surface area contributed by atoms with E-state index in [0.717, 1.165) is 30.4 Å². The fourth-order valence-electron chi connectivity index (χ4n) is 3.58. The van der Waals surface area contributed by atoms with E-state index in [0.29, 0.717) is 6.04 Å². The van der Waals surface area contributed by atoms with Gasteiger partial charge in [0.1, 0.15) is 5.76 Å². The van der Waals surface area contributed by atoms with Crippen molar-refractivity contribution in [3.05, 3.63) is 17.3 Å². The molecule has 1 aliphatic carbocycles. The summed E-state index contributed by atoms with van der Waals surface area (Å²) >= 11 is 0. The van der Waals surface area contributed by atoms with Crippen LogP contribution in [0.1, 0.15) is 43.5 Å². The first-order valence-electron chi connectivity index (χ1n) is 6.97. The van der Waals surface area contributed by atoms with E-state index in [2.05, 4.69) is 16.8 Å². The highest BCUT2D eigenvalue weighted by Crippen LogP contribution is 2.35. The number of nitrogens with zero attached hydrogens (tertiary/aromatic N) is 2. The van der Waals surface area contributed by atoms with Gasteiger partial charge in [-0.1, -0.05) is 6.92 Å². The smallest absolute Gasteiger partial charge is 0.191 e. The third kappa shape index (κ3) is 2.01. The van der Waals surface area contributed by atoms with Crippen LogP contribution >= 0.6 is 0 Å². The topological polar surface area (TPSA) is 29.3 Å².